The SMILES string of the molecule is COC(=O)c1ccc(Cl)c(C(C)(C#N)c2cc(Cl)ccc2[N+](=O)[O-])c1. The van der Waals surface area contributed by atoms with Crippen molar-refractivity contribution < 1.29 is 14.5 Å². The number of hydrogen-bond donors (Lipinski definition) is 0. The molecule has 1 atom stereocenters. The monoisotopic (exact) mass is 378 g/mol. The first-order valence-corrected chi connectivity index (χ1v) is 7.74. The Morgan fingerprint density at radius 3 is 2.48 bits per heavy atom. The second kappa shape index (κ2) is 7.09. The summed E-state index contributed by atoms with van der Waals surface area (Å²) in [6.45, 7) is 1.48. The highest BCUT2D eigenvalue weighted by Crippen LogP contribution is 2.41. The molecule has 128 valence electrons. The summed E-state index contributed by atoms with van der Waals surface area (Å²) in [5, 5.41) is 21.6. The zero-order valence-electron chi connectivity index (χ0n) is 13.2. The van der Waals surface area contributed by atoms with E-state index in [0.29, 0.717) is 0 Å². The van der Waals surface area contributed by atoms with E-state index >= 15 is 0 Å². The fraction of sp³-hybridized carbons (Fsp3) is 0.176. The highest BCUT2D eigenvalue weighted by Gasteiger charge is 2.37. The summed E-state index contributed by atoms with van der Waals surface area (Å²) in [6.07, 6.45) is 0. The zero-order chi connectivity index (χ0) is 18.8. The first-order valence-electron chi connectivity index (χ1n) is 6.98. The van der Waals surface area contributed by atoms with E-state index in [9.17, 15) is 20.2 Å². The Hall–Kier alpha value is -2.62. The maximum atomic E-state index is 11.8. The predicted octanol–water partition coefficient (Wildman–Crippen LogP) is 4.52. The molecule has 0 aliphatic carbocycles. The Bertz CT molecular complexity index is 908. The van der Waals surface area contributed by atoms with Gasteiger partial charge in [0.05, 0.1) is 29.2 Å². The number of nitro groups is 1. The van der Waals surface area contributed by atoms with E-state index in [2.05, 4.69) is 10.8 Å². The minimum absolute atomic E-state index is 0.0800. The molecule has 0 amide bonds. The Morgan fingerprint density at radius 2 is 1.92 bits per heavy atom. The van der Waals surface area contributed by atoms with Crippen molar-refractivity contribution in [2.45, 2.75) is 12.3 Å². The van der Waals surface area contributed by atoms with Crippen LogP contribution in [0.2, 0.25) is 10.0 Å². The van der Waals surface area contributed by atoms with Gasteiger partial charge in [0.25, 0.3) is 5.69 Å². The van der Waals surface area contributed by atoms with Crippen LogP contribution >= 0.6 is 23.2 Å². The van der Waals surface area contributed by atoms with Gasteiger partial charge < -0.3 is 4.74 Å². The molecule has 0 radical (unpaired) electrons. The van der Waals surface area contributed by atoms with Crippen LogP contribution in [0.3, 0.4) is 0 Å². The molecular formula is C17H12Cl2N2O4. The largest absolute Gasteiger partial charge is 0.465 e. The zero-order valence-corrected chi connectivity index (χ0v) is 14.8. The number of hydrogen-bond acceptors (Lipinski definition) is 5. The van der Waals surface area contributed by atoms with Gasteiger partial charge in [0, 0.05) is 16.1 Å². The van der Waals surface area contributed by atoms with Gasteiger partial charge in [-0.3, -0.25) is 10.1 Å². The van der Waals surface area contributed by atoms with E-state index in [-0.39, 0.29) is 32.4 Å². The topological polar surface area (TPSA) is 93.2 Å². The fourth-order valence-electron chi connectivity index (χ4n) is 2.49. The van der Waals surface area contributed by atoms with E-state index in [1.54, 1.807) is 0 Å². The van der Waals surface area contributed by atoms with Crippen LogP contribution in [0.5, 0.6) is 0 Å². The number of nitro benzene ring substituents is 1. The van der Waals surface area contributed by atoms with Crippen LogP contribution < -0.4 is 0 Å². The number of nitrogens with zero attached hydrogens (tertiary/aromatic N) is 2. The molecule has 2 aromatic rings. The number of carbonyl (C=O) groups excluding carboxylic acids is 1. The molecule has 0 saturated carbocycles. The van der Waals surface area contributed by atoms with Gasteiger partial charge in [0.2, 0.25) is 0 Å². The maximum Gasteiger partial charge on any atom is 0.337 e. The average molecular weight is 379 g/mol. The summed E-state index contributed by atoms with van der Waals surface area (Å²) in [5.74, 6) is -0.612. The van der Waals surface area contributed by atoms with Gasteiger partial charge in [0.15, 0.2) is 0 Å². The lowest BCUT2D eigenvalue weighted by molar-refractivity contribution is -0.385. The van der Waals surface area contributed by atoms with Crippen LogP contribution in [0.15, 0.2) is 36.4 Å². The van der Waals surface area contributed by atoms with E-state index in [1.165, 1.54) is 50.4 Å². The van der Waals surface area contributed by atoms with Crippen LogP contribution in [0.1, 0.15) is 28.4 Å². The summed E-state index contributed by atoms with van der Waals surface area (Å²) in [6, 6.07) is 10.3. The molecule has 0 aliphatic rings. The molecule has 0 heterocycles. The number of methoxy groups -OCH3 is 1. The first kappa shape index (κ1) is 18.7. The number of nitriles is 1. The highest BCUT2D eigenvalue weighted by atomic mass is 35.5. The lowest BCUT2D eigenvalue weighted by atomic mass is 9.76. The summed E-state index contributed by atoms with van der Waals surface area (Å²) in [7, 11) is 1.22. The summed E-state index contributed by atoms with van der Waals surface area (Å²) < 4.78 is 4.67. The van der Waals surface area contributed by atoms with Crippen molar-refractivity contribution in [3.8, 4) is 6.07 Å². The van der Waals surface area contributed by atoms with Gasteiger partial charge >= 0.3 is 5.97 Å². The standard InChI is InChI=1S/C17H12Cl2N2O4/c1-17(9-20,13-8-11(18)4-6-15(13)21(23)24)12-7-10(16(22)25-2)3-5-14(12)19/h3-8H,1-2H3. The number of ether oxygens (including phenoxy) is 1. The second-order valence-electron chi connectivity index (χ2n) is 5.34. The minimum atomic E-state index is -1.51. The second-order valence-corrected chi connectivity index (χ2v) is 6.19. The number of carbonyl (C=O) groups is 1. The number of halogens is 2. The third-order valence-corrected chi connectivity index (χ3v) is 4.41. The van der Waals surface area contributed by atoms with Crippen molar-refractivity contribution in [2.75, 3.05) is 7.11 Å². The molecule has 1 unspecified atom stereocenters. The number of benzene rings is 2. The van der Waals surface area contributed by atoms with Gasteiger partial charge in [-0.1, -0.05) is 23.2 Å². The molecule has 0 bridgehead atoms. The molecule has 2 aromatic carbocycles. The van der Waals surface area contributed by atoms with Crippen molar-refractivity contribution in [3.05, 3.63) is 73.2 Å². The van der Waals surface area contributed by atoms with E-state index in [0.717, 1.165) is 0 Å². The third-order valence-electron chi connectivity index (χ3n) is 3.84. The molecule has 25 heavy (non-hydrogen) atoms. The molecule has 0 aromatic heterocycles. The lowest BCUT2D eigenvalue weighted by Gasteiger charge is -2.24. The van der Waals surface area contributed by atoms with Crippen molar-refractivity contribution in [2.24, 2.45) is 0 Å². The predicted molar refractivity (Wildman–Crippen MR) is 93.0 cm³/mol. The highest BCUT2D eigenvalue weighted by molar-refractivity contribution is 6.32. The lowest BCUT2D eigenvalue weighted by Crippen LogP contribution is -2.24. The van der Waals surface area contributed by atoms with Crippen LogP contribution in [0.4, 0.5) is 5.69 Å². The van der Waals surface area contributed by atoms with Crippen molar-refractivity contribution >= 4 is 34.9 Å². The maximum absolute atomic E-state index is 11.8. The molecule has 2 rings (SSSR count). The molecule has 8 heteroatoms. The van der Waals surface area contributed by atoms with Crippen LogP contribution in [-0.2, 0) is 10.2 Å². The summed E-state index contributed by atoms with van der Waals surface area (Å²) >= 11 is 12.2. The number of esters is 1. The molecular weight excluding hydrogens is 367 g/mol. The van der Waals surface area contributed by atoms with Gasteiger partial charge in [-0.25, -0.2) is 4.79 Å². The van der Waals surface area contributed by atoms with Gasteiger partial charge in [-0.2, -0.15) is 5.26 Å². The van der Waals surface area contributed by atoms with Gasteiger partial charge in [-0.05, 0) is 42.8 Å². The first-order chi connectivity index (χ1) is 11.7. The Labute approximate surface area is 153 Å². The Morgan fingerprint density at radius 1 is 1.24 bits per heavy atom. The van der Waals surface area contributed by atoms with Crippen molar-refractivity contribution in [1.29, 1.82) is 5.26 Å². The average Bonchev–Trinajstić information content (AvgIpc) is 2.60. The molecule has 0 saturated heterocycles. The van der Waals surface area contributed by atoms with E-state index in [4.69, 9.17) is 23.2 Å². The van der Waals surface area contributed by atoms with Crippen molar-refractivity contribution in [3.63, 3.8) is 0 Å². The Balaban J connectivity index is 2.79. The van der Waals surface area contributed by atoms with Crippen LogP contribution in [0, 0.1) is 21.4 Å². The molecule has 0 N–H and O–H groups in total. The summed E-state index contributed by atoms with van der Waals surface area (Å²) in [5.41, 5.74) is -1.28. The minimum Gasteiger partial charge on any atom is -0.465 e. The third kappa shape index (κ3) is 3.43. The molecule has 0 spiro atoms. The Kier molecular flexibility index (Phi) is 5.31. The normalized spacial score (nSPS) is 12.8. The fourth-order valence-corrected chi connectivity index (χ4v) is 2.97. The van der Waals surface area contributed by atoms with Crippen molar-refractivity contribution in [1.82, 2.24) is 0 Å². The van der Waals surface area contributed by atoms with E-state index in [1.807, 2.05) is 0 Å². The molecule has 0 aliphatic heterocycles. The van der Waals surface area contributed by atoms with Crippen LogP contribution in [-0.4, -0.2) is 18.0 Å². The smallest absolute Gasteiger partial charge is 0.337 e. The molecule has 6 nitrogen and oxygen atoms in total. The molecule has 0 fully saturated rings. The summed E-state index contributed by atoms with van der Waals surface area (Å²) in [4.78, 5) is 22.6. The van der Waals surface area contributed by atoms with Gasteiger partial charge in [0.1, 0.15) is 5.41 Å². The van der Waals surface area contributed by atoms with Crippen LogP contribution in [0.25, 0.3) is 0 Å². The van der Waals surface area contributed by atoms with E-state index < -0.39 is 16.3 Å². The van der Waals surface area contributed by atoms with Gasteiger partial charge in [-0.15, -0.1) is 0 Å². The number of rotatable bonds is 4. The quantitative estimate of drug-likeness (QED) is 0.442.